The molecule has 5 nitrogen and oxygen atoms in total. The molecule has 138 valence electrons. The summed E-state index contributed by atoms with van der Waals surface area (Å²) in [5.74, 6) is 0.100. The maximum Gasteiger partial charge on any atom is 0.339 e. The minimum absolute atomic E-state index is 0.0619. The van der Waals surface area contributed by atoms with Crippen LogP contribution in [-0.4, -0.2) is 25.8 Å². The second-order valence-electron chi connectivity index (χ2n) is 6.44. The van der Waals surface area contributed by atoms with Crippen molar-refractivity contribution in [3.63, 3.8) is 0 Å². The van der Waals surface area contributed by atoms with Crippen molar-refractivity contribution in [3.05, 3.63) is 59.9 Å². The first-order valence-corrected chi connectivity index (χ1v) is 9.79. The van der Waals surface area contributed by atoms with Crippen molar-refractivity contribution >= 4 is 16.0 Å². The summed E-state index contributed by atoms with van der Waals surface area (Å²) < 4.78 is 43.2. The van der Waals surface area contributed by atoms with Crippen LogP contribution in [0.4, 0.5) is 4.39 Å². The fourth-order valence-electron chi connectivity index (χ4n) is 2.61. The highest BCUT2D eigenvalue weighted by molar-refractivity contribution is 7.87. The number of halogens is 1. The van der Waals surface area contributed by atoms with Gasteiger partial charge in [0.2, 0.25) is 5.91 Å². The predicted molar refractivity (Wildman–Crippen MR) is 94.5 cm³/mol. The zero-order chi connectivity index (χ0) is 18.7. The third-order valence-electron chi connectivity index (χ3n) is 4.26. The monoisotopic (exact) mass is 377 g/mol. The lowest BCUT2D eigenvalue weighted by atomic mass is 10.2. The topological polar surface area (TPSA) is 63.7 Å². The molecule has 0 aliphatic heterocycles. The molecule has 2 aromatic carbocycles. The summed E-state index contributed by atoms with van der Waals surface area (Å²) in [5, 5.41) is 0. The number of rotatable bonds is 7. The van der Waals surface area contributed by atoms with E-state index in [0.717, 1.165) is 37.1 Å². The van der Waals surface area contributed by atoms with Gasteiger partial charge in [0.15, 0.2) is 0 Å². The van der Waals surface area contributed by atoms with E-state index in [2.05, 4.69) is 0 Å². The SMILES string of the molecule is CC(=O)N(Cc1ccccc1OS(=O)(=O)c1ccc(F)cc1)CC1CC1. The van der Waals surface area contributed by atoms with Gasteiger partial charge in [-0.05, 0) is 49.1 Å². The molecule has 0 radical (unpaired) electrons. The van der Waals surface area contributed by atoms with E-state index in [1.165, 1.54) is 6.92 Å². The number of carbonyl (C=O) groups is 1. The molecule has 0 unspecified atom stereocenters. The largest absolute Gasteiger partial charge is 0.379 e. The van der Waals surface area contributed by atoms with E-state index in [0.29, 0.717) is 18.0 Å². The Bertz CT molecular complexity index is 892. The third kappa shape index (κ3) is 4.60. The molecular formula is C19H20FNO4S. The third-order valence-corrected chi connectivity index (χ3v) is 5.50. The highest BCUT2D eigenvalue weighted by Gasteiger charge is 2.26. The Morgan fingerprint density at radius 2 is 1.81 bits per heavy atom. The van der Waals surface area contributed by atoms with Crippen molar-refractivity contribution in [3.8, 4) is 5.75 Å². The number of hydrogen-bond acceptors (Lipinski definition) is 4. The summed E-state index contributed by atoms with van der Waals surface area (Å²) in [7, 11) is -4.09. The molecule has 2 aromatic rings. The molecule has 0 spiro atoms. The van der Waals surface area contributed by atoms with E-state index in [-0.39, 0.29) is 23.1 Å². The van der Waals surface area contributed by atoms with Gasteiger partial charge in [0, 0.05) is 25.6 Å². The molecule has 26 heavy (non-hydrogen) atoms. The minimum Gasteiger partial charge on any atom is -0.379 e. The Labute approximate surface area is 152 Å². The zero-order valence-electron chi connectivity index (χ0n) is 14.4. The molecule has 0 aromatic heterocycles. The van der Waals surface area contributed by atoms with Crippen LogP contribution in [0.15, 0.2) is 53.4 Å². The molecule has 0 heterocycles. The molecule has 0 saturated heterocycles. The molecule has 1 aliphatic carbocycles. The Balaban J connectivity index is 1.82. The molecule has 7 heteroatoms. The summed E-state index contributed by atoms with van der Waals surface area (Å²) in [6.07, 6.45) is 2.22. The van der Waals surface area contributed by atoms with E-state index in [4.69, 9.17) is 4.18 Å². The van der Waals surface area contributed by atoms with Crippen LogP contribution in [0.2, 0.25) is 0 Å². The number of nitrogens with zero attached hydrogens (tertiary/aromatic N) is 1. The molecule has 0 bridgehead atoms. The number of carbonyl (C=O) groups excluding carboxylic acids is 1. The van der Waals surface area contributed by atoms with E-state index in [1.54, 1.807) is 29.2 Å². The summed E-state index contributed by atoms with van der Waals surface area (Å²) in [5.41, 5.74) is 0.606. The quantitative estimate of drug-likeness (QED) is 0.694. The van der Waals surface area contributed by atoms with Gasteiger partial charge in [0.05, 0.1) is 0 Å². The molecule has 0 atom stereocenters. The molecule has 1 amide bonds. The first-order valence-electron chi connectivity index (χ1n) is 8.38. The van der Waals surface area contributed by atoms with Crippen LogP contribution in [0.1, 0.15) is 25.3 Å². The lowest BCUT2D eigenvalue weighted by Gasteiger charge is -2.22. The standard InChI is InChI=1S/C19H20FNO4S/c1-14(22)21(12-15-6-7-15)13-16-4-2-3-5-19(16)25-26(23,24)18-10-8-17(20)9-11-18/h2-5,8-11,15H,6-7,12-13H2,1H3. The van der Waals surface area contributed by atoms with Crippen LogP contribution in [0, 0.1) is 11.7 Å². The minimum atomic E-state index is -4.09. The smallest absolute Gasteiger partial charge is 0.339 e. The summed E-state index contributed by atoms with van der Waals surface area (Å²) in [6.45, 7) is 2.44. The number of para-hydroxylation sites is 1. The van der Waals surface area contributed by atoms with Crippen molar-refractivity contribution in [2.24, 2.45) is 5.92 Å². The van der Waals surface area contributed by atoms with Crippen LogP contribution in [0.25, 0.3) is 0 Å². The van der Waals surface area contributed by atoms with Crippen molar-refractivity contribution < 1.29 is 21.8 Å². The van der Waals surface area contributed by atoms with E-state index >= 15 is 0 Å². The maximum absolute atomic E-state index is 13.0. The van der Waals surface area contributed by atoms with Gasteiger partial charge in [-0.2, -0.15) is 8.42 Å². The normalized spacial score (nSPS) is 14.1. The van der Waals surface area contributed by atoms with Gasteiger partial charge in [0.25, 0.3) is 0 Å². The highest BCUT2D eigenvalue weighted by atomic mass is 32.2. The van der Waals surface area contributed by atoms with Gasteiger partial charge in [-0.25, -0.2) is 4.39 Å². The van der Waals surface area contributed by atoms with Gasteiger partial charge in [-0.3, -0.25) is 4.79 Å². The van der Waals surface area contributed by atoms with Gasteiger partial charge < -0.3 is 9.08 Å². The molecule has 1 aliphatic rings. The maximum atomic E-state index is 13.0. The van der Waals surface area contributed by atoms with Crippen LogP contribution < -0.4 is 4.18 Å². The second kappa shape index (κ2) is 7.45. The van der Waals surface area contributed by atoms with E-state index < -0.39 is 15.9 Å². The summed E-state index contributed by atoms with van der Waals surface area (Å²) in [6, 6.07) is 11.2. The van der Waals surface area contributed by atoms with Gasteiger partial charge in [-0.1, -0.05) is 18.2 Å². The Hall–Kier alpha value is -2.41. The molecule has 1 fully saturated rings. The number of hydrogen-bond donors (Lipinski definition) is 0. The first kappa shape index (κ1) is 18.4. The Kier molecular flexibility index (Phi) is 5.27. The number of amides is 1. The van der Waals surface area contributed by atoms with Crippen molar-refractivity contribution in [2.75, 3.05) is 6.54 Å². The lowest BCUT2D eigenvalue weighted by molar-refractivity contribution is -0.129. The Morgan fingerprint density at radius 1 is 1.15 bits per heavy atom. The predicted octanol–water partition coefficient (Wildman–Crippen LogP) is 3.35. The van der Waals surface area contributed by atoms with Gasteiger partial charge in [-0.15, -0.1) is 0 Å². The fraction of sp³-hybridized carbons (Fsp3) is 0.316. The van der Waals surface area contributed by atoms with Crippen LogP contribution in [0.3, 0.4) is 0 Å². The summed E-state index contributed by atoms with van der Waals surface area (Å²) >= 11 is 0. The van der Waals surface area contributed by atoms with Crippen LogP contribution in [-0.2, 0) is 21.5 Å². The van der Waals surface area contributed by atoms with Crippen LogP contribution >= 0.6 is 0 Å². The fourth-order valence-corrected chi connectivity index (χ4v) is 3.57. The van der Waals surface area contributed by atoms with Gasteiger partial charge in [0.1, 0.15) is 16.5 Å². The molecule has 0 N–H and O–H groups in total. The zero-order valence-corrected chi connectivity index (χ0v) is 15.2. The molecule has 3 rings (SSSR count). The van der Waals surface area contributed by atoms with E-state index in [9.17, 15) is 17.6 Å². The average Bonchev–Trinajstić information content (AvgIpc) is 3.40. The second-order valence-corrected chi connectivity index (χ2v) is 7.99. The van der Waals surface area contributed by atoms with Crippen molar-refractivity contribution in [1.82, 2.24) is 4.90 Å². The Morgan fingerprint density at radius 3 is 2.42 bits per heavy atom. The highest BCUT2D eigenvalue weighted by Crippen LogP contribution is 2.31. The molecular weight excluding hydrogens is 357 g/mol. The average molecular weight is 377 g/mol. The van der Waals surface area contributed by atoms with E-state index in [1.807, 2.05) is 0 Å². The van der Waals surface area contributed by atoms with Crippen molar-refractivity contribution in [2.45, 2.75) is 31.2 Å². The molecule has 1 saturated carbocycles. The lowest BCUT2D eigenvalue weighted by Crippen LogP contribution is -2.30. The van der Waals surface area contributed by atoms with Gasteiger partial charge >= 0.3 is 10.1 Å². The summed E-state index contributed by atoms with van der Waals surface area (Å²) in [4.78, 5) is 13.5. The van der Waals surface area contributed by atoms with Crippen molar-refractivity contribution in [1.29, 1.82) is 0 Å². The van der Waals surface area contributed by atoms with Crippen LogP contribution in [0.5, 0.6) is 5.75 Å². The number of benzene rings is 2. The first-order chi connectivity index (χ1) is 12.3.